The number of carbonyl (C=O) groups is 2. The standard InChI is InChI=1S/C9H12N2O4/c12-7-4-10(3-6-5-15-6)9(13)11(7)8-1-2-14-8/h6,8H,1-5H2. The fraction of sp³-hybridized carbons (Fsp3) is 0.778. The van der Waals surface area contributed by atoms with Crippen LogP contribution in [0.5, 0.6) is 0 Å². The Bertz CT molecular complexity index is 311. The number of amides is 3. The van der Waals surface area contributed by atoms with Crippen LogP contribution in [-0.2, 0) is 14.3 Å². The van der Waals surface area contributed by atoms with Crippen molar-refractivity contribution in [3.63, 3.8) is 0 Å². The number of urea groups is 1. The summed E-state index contributed by atoms with van der Waals surface area (Å²) >= 11 is 0. The number of hydrogen-bond acceptors (Lipinski definition) is 4. The van der Waals surface area contributed by atoms with E-state index in [1.54, 1.807) is 0 Å². The van der Waals surface area contributed by atoms with Crippen molar-refractivity contribution in [2.24, 2.45) is 0 Å². The average Bonchev–Trinajstić information content (AvgIpc) is 2.87. The molecule has 3 amide bonds. The molecule has 82 valence electrons. The Kier molecular flexibility index (Phi) is 1.93. The van der Waals surface area contributed by atoms with Crippen LogP contribution in [0.2, 0.25) is 0 Å². The van der Waals surface area contributed by atoms with Gasteiger partial charge in [-0.05, 0) is 0 Å². The molecule has 0 radical (unpaired) electrons. The Morgan fingerprint density at radius 1 is 1.33 bits per heavy atom. The molecule has 3 aliphatic rings. The van der Waals surface area contributed by atoms with Gasteiger partial charge >= 0.3 is 6.03 Å². The van der Waals surface area contributed by atoms with Crippen molar-refractivity contribution < 1.29 is 19.1 Å². The molecule has 2 atom stereocenters. The number of hydrogen-bond donors (Lipinski definition) is 0. The first-order valence-corrected chi connectivity index (χ1v) is 5.10. The molecule has 6 heteroatoms. The molecular weight excluding hydrogens is 200 g/mol. The third-order valence-electron chi connectivity index (χ3n) is 2.86. The molecule has 3 fully saturated rings. The smallest absolute Gasteiger partial charge is 0.329 e. The SMILES string of the molecule is O=C1CN(CC2CO2)C(=O)N1C1CCO1. The second kappa shape index (κ2) is 3.18. The zero-order valence-corrected chi connectivity index (χ0v) is 8.22. The largest absolute Gasteiger partial charge is 0.371 e. The Hall–Kier alpha value is -1.14. The van der Waals surface area contributed by atoms with Crippen molar-refractivity contribution in [3.05, 3.63) is 0 Å². The maximum absolute atomic E-state index is 11.8. The van der Waals surface area contributed by atoms with E-state index in [-0.39, 0.29) is 30.8 Å². The van der Waals surface area contributed by atoms with Gasteiger partial charge in [0.15, 0.2) is 0 Å². The Balaban J connectivity index is 1.68. The summed E-state index contributed by atoms with van der Waals surface area (Å²) in [7, 11) is 0. The number of ether oxygens (including phenoxy) is 2. The molecule has 0 aliphatic carbocycles. The minimum Gasteiger partial charge on any atom is -0.371 e. The van der Waals surface area contributed by atoms with Crippen LogP contribution in [-0.4, -0.2) is 60.4 Å². The summed E-state index contributed by atoms with van der Waals surface area (Å²) in [5.74, 6) is -0.162. The van der Waals surface area contributed by atoms with Gasteiger partial charge in [0.25, 0.3) is 5.91 Å². The molecule has 0 aromatic heterocycles. The van der Waals surface area contributed by atoms with E-state index in [2.05, 4.69) is 0 Å². The van der Waals surface area contributed by atoms with E-state index in [1.807, 2.05) is 0 Å². The summed E-state index contributed by atoms with van der Waals surface area (Å²) in [4.78, 5) is 26.1. The lowest BCUT2D eigenvalue weighted by atomic mass is 10.3. The number of imide groups is 1. The molecule has 15 heavy (non-hydrogen) atoms. The first kappa shape index (κ1) is 9.11. The van der Waals surface area contributed by atoms with E-state index < -0.39 is 0 Å². The lowest BCUT2D eigenvalue weighted by Crippen LogP contribution is -2.48. The molecule has 2 unspecified atom stereocenters. The van der Waals surface area contributed by atoms with Crippen LogP contribution in [0.25, 0.3) is 0 Å². The van der Waals surface area contributed by atoms with Crippen molar-refractivity contribution in [3.8, 4) is 0 Å². The number of nitrogens with zero attached hydrogens (tertiary/aromatic N) is 2. The van der Waals surface area contributed by atoms with Crippen LogP contribution >= 0.6 is 0 Å². The van der Waals surface area contributed by atoms with Gasteiger partial charge < -0.3 is 14.4 Å². The zero-order valence-electron chi connectivity index (χ0n) is 8.22. The third kappa shape index (κ3) is 1.49. The van der Waals surface area contributed by atoms with Gasteiger partial charge in [0.2, 0.25) is 0 Å². The van der Waals surface area contributed by atoms with Crippen molar-refractivity contribution in [1.29, 1.82) is 0 Å². The van der Waals surface area contributed by atoms with Crippen LogP contribution in [0.3, 0.4) is 0 Å². The van der Waals surface area contributed by atoms with E-state index >= 15 is 0 Å². The second-order valence-electron chi connectivity index (χ2n) is 4.00. The average molecular weight is 212 g/mol. The van der Waals surface area contributed by atoms with Crippen molar-refractivity contribution >= 4 is 11.9 Å². The Morgan fingerprint density at radius 3 is 2.60 bits per heavy atom. The second-order valence-corrected chi connectivity index (χ2v) is 4.00. The number of carbonyl (C=O) groups excluding carboxylic acids is 2. The van der Waals surface area contributed by atoms with Crippen molar-refractivity contribution in [2.45, 2.75) is 18.8 Å². The van der Waals surface area contributed by atoms with Crippen LogP contribution in [0, 0.1) is 0 Å². The molecule has 3 saturated heterocycles. The fourth-order valence-electron chi connectivity index (χ4n) is 1.84. The highest BCUT2D eigenvalue weighted by molar-refractivity contribution is 6.02. The van der Waals surface area contributed by atoms with Gasteiger partial charge in [-0.15, -0.1) is 0 Å². The summed E-state index contributed by atoms with van der Waals surface area (Å²) in [6.07, 6.45) is 0.560. The van der Waals surface area contributed by atoms with Crippen LogP contribution in [0.1, 0.15) is 6.42 Å². The maximum Gasteiger partial charge on any atom is 0.329 e. The third-order valence-corrected chi connectivity index (χ3v) is 2.86. The van der Waals surface area contributed by atoms with Crippen LogP contribution < -0.4 is 0 Å². The van der Waals surface area contributed by atoms with Gasteiger partial charge in [-0.2, -0.15) is 0 Å². The topological polar surface area (TPSA) is 62.4 Å². The van der Waals surface area contributed by atoms with Gasteiger partial charge in [-0.1, -0.05) is 0 Å². The van der Waals surface area contributed by atoms with Gasteiger partial charge in [-0.3, -0.25) is 4.79 Å². The summed E-state index contributed by atoms with van der Waals surface area (Å²) in [5.41, 5.74) is 0. The summed E-state index contributed by atoms with van der Waals surface area (Å²) in [6, 6.07) is -0.236. The molecular formula is C9H12N2O4. The highest BCUT2D eigenvalue weighted by Crippen LogP contribution is 2.23. The molecule has 3 rings (SSSR count). The molecule has 0 N–H and O–H groups in total. The molecule has 0 bridgehead atoms. The quantitative estimate of drug-likeness (QED) is 0.462. The van der Waals surface area contributed by atoms with Crippen LogP contribution in [0.15, 0.2) is 0 Å². The Labute approximate surface area is 86.7 Å². The lowest BCUT2D eigenvalue weighted by molar-refractivity contribution is -0.153. The summed E-state index contributed by atoms with van der Waals surface area (Å²) in [5, 5.41) is 0. The summed E-state index contributed by atoms with van der Waals surface area (Å²) < 4.78 is 10.2. The highest BCUT2D eigenvalue weighted by Gasteiger charge is 2.44. The van der Waals surface area contributed by atoms with E-state index in [4.69, 9.17) is 9.47 Å². The molecule has 6 nitrogen and oxygen atoms in total. The normalized spacial score (nSPS) is 34.7. The summed E-state index contributed by atoms with van der Waals surface area (Å²) in [6.45, 7) is 2.01. The molecule has 0 spiro atoms. The van der Waals surface area contributed by atoms with Gasteiger partial charge in [-0.25, -0.2) is 9.69 Å². The molecule has 3 heterocycles. The predicted molar refractivity (Wildman–Crippen MR) is 47.9 cm³/mol. The van der Waals surface area contributed by atoms with Crippen molar-refractivity contribution in [2.75, 3.05) is 26.3 Å². The lowest BCUT2D eigenvalue weighted by Gasteiger charge is -2.32. The van der Waals surface area contributed by atoms with Crippen LogP contribution in [0.4, 0.5) is 4.79 Å². The molecule has 0 aromatic carbocycles. The number of rotatable bonds is 3. The maximum atomic E-state index is 11.8. The molecule has 0 saturated carbocycles. The van der Waals surface area contributed by atoms with Gasteiger partial charge in [0.1, 0.15) is 12.8 Å². The van der Waals surface area contributed by atoms with E-state index in [0.717, 1.165) is 6.42 Å². The monoisotopic (exact) mass is 212 g/mol. The number of epoxide rings is 1. The zero-order chi connectivity index (χ0) is 10.4. The molecule has 3 aliphatic heterocycles. The van der Waals surface area contributed by atoms with Gasteiger partial charge in [0.05, 0.1) is 25.9 Å². The minimum absolute atomic E-state index is 0.129. The molecule has 0 aromatic rings. The fourth-order valence-corrected chi connectivity index (χ4v) is 1.84. The van der Waals surface area contributed by atoms with Crippen molar-refractivity contribution in [1.82, 2.24) is 9.80 Å². The first-order valence-electron chi connectivity index (χ1n) is 5.10. The van der Waals surface area contributed by atoms with E-state index in [1.165, 1.54) is 9.80 Å². The van der Waals surface area contributed by atoms with E-state index in [0.29, 0.717) is 19.8 Å². The first-order chi connectivity index (χ1) is 7.25. The van der Waals surface area contributed by atoms with Gasteiger partial charge in [0, 0.05) is 6.42 Å². The highest BCUT2D eigenvalue weighted by atomic mass is 16.6. The van der Waals surface area contributed by atoms with E-state index in [9.17, 15) is 9.59 Å². The Morgan fingerprint density at radius 2 is 2.07 bits per heavy atom. The predicted octanol–water partition coefficient (Wildman–Crippen LogP) is -0.604. The minimum atomic E-state index is -0.324.